The van der Waals surface area contributed by atoms with Crippen molar-refractivity contribution in [3.05, 3.63) is 41.6 Å². The molecule has 0 unspecified atom stereocenters. The van der Waals surface area contributed by atoms with E-state index in [-0.39, 0.29) is 5.56 Å². The number of methoxy groups -OCH3 is 1. The minimum absolute atomic E-state index is 0.258. The average molecular weight is 245 g/mol. The Hall–Kier alpha value is -1.94. The van der Waals surface area contributed by atoms with E-state index in [9.17, 15) is 9.90 Å². The molecule has 0 saturated carbocycles. The van der Waals surface area contributed by atoms with Crippen LogP contribution >= 0.6 is 0 Å². The average Bonchev–Trinajstić information content (AvgIpc) is 2.37. The number of hydrogen-bond donors (Lipinski definition) is 1. The quantitative estimate of drug-likeness (QED) is 0.903. The zero-order valence-corrected chi connectivity index (χ0v) is 10.6. The van der Waals surface area contributed by atoms with Crippen LogP contribution < -0.4 is 0 Å². The number of carbonyl (C=O) groups is 1. The molecule has 1 heterocycles. The molecule has 0 atom stereocenters. The number of carboxylic acids is 1. The fourth-order valence-electron chi connectivity index (χ4n) is 1.83. The van der Waals surface area contributed by atoms with E-state index < -0.39 is 11.6 Å². The lowest BCUT2D eigenvalue weighted by Gasteiger charge is -2.23. The predicted molar refractivity (Wildman–Crippen MR) is 68.7 cm³/mol. The molecule has 4 nitrogen and oxygen atoms in total. The van der Waals surface area contributed by atoms with Gasteiger partial charge in [-0.05, 0) is 37.6 Å². The highest BCUT2D eigenvalue weighted by Crippen LogP contribution is 2.27. The molecule has 1 aromatic heterocycles. The Kier molecular flexibility index (Phi) is 3.05. The third kappa shape index (κ3) is 2.07. The second kappa shape index (κ2) is 4.38. The molecule has 0 aliphatic rings. The number of fused-ring (bicyclic) bond motifs is 1. The Balaban J connectivity index is 2.70. The fourth-order valence-corrected chi connectivity index (χ4v) is 1.83. The standard InChI is InChI=1S/C14H15NO3/c1-14(2,18-3)9-4-5-12-11(8-9)10(13(16)17)6-7-15-12/h4-8H,1-3H3,(H,16,17). The maximum atomic E-state index is 11.2. The van der Waals surface area contributed by atoms with Gasteiger partial charge in [-0.2, -0.15) is 0 Å². The van der Waals surface area contributed by atoms with Crippen molar-refractivity contribution in [3.8, 4) is 0 Å². The molecule has 0 fully saturated rings. The van der Waals surface area contributed by atoms with Gasteiger partial charge in [0.05, 0.1) is 16.7 Å². The van der Waals surface area contributed by atoms with Gasteiger partial charge in [-0.25, -0.2) is 4.79 Å². The molecular weight excluding hydrogens is 230 g/mol. The van der Waals surface area contributed by atoms with Gasteiger partial charge in [0.15, 0.2) is 0 Å². The number of carboxylic acid groups (broad SMARTS) is 1. The third-order valence-electron chi connectivity index (χ3n) is 3.18. The summed E-state index contributed by atoms with van der Waals surface area (Å²) in [6, 6.07) is 7.06. The first-order valence-electron chi connectivity index (χ1n) is 5.63. The van der Waals surface area contributed by atoms with Gasteiger partial charge in [-0.3, -0.25) is 4.98 Å². The SMILES string of the molecule is COC(C)(C)c1ccc2nccc(C(=O)O)c2c1. The summed E-state index contributed by atoms with van der Waals surface area (Å²) in [6.45, 7) is 3.87. The van der Waals surface area contributed by atoms with Crippen molar-refractivity contribution in [2.24, 2.45) is 0 Å². The molecule has 0 bridgehead atoms. The molecule has 0 saturated heterocycles. The summed E-state index contributed by atoms with van der Waals surface area (Å²) < 4.78 is 5.41. The number of benzene rings is 1. The molecule has 1 N–H and O–H groups in total. The molecule has 0 radical (unpaired) electrons. The molecular formula is C14H15NO3. The molecule has 2 aromatic rings. The van der Waals surface area contributed by atoms with Crippen molar-refractivity contribution in [2.45, 2.75) is 19.4 Å². The van der Waals surface area contributed by atoms with Gasteiger partial charge in [0, 0.05) is 18.7 Å². The van der Waals surface area contributed by atoms with E-state index in [4.69, 9.17) is 4.74 Å². The van der Waals surface area contributed by atoms with Crippen LogP contribution in [0.5, 0.6) is 0 Å². The van der Waals surface area contributed by atoms with Crippen LogP contribution in [0.3, 0.4) is 0 Å². The summed E-state index contributed by atoms with van der Waals surface area (Å²) in [4.78, 5) is 15.4. The Bertz CT molecular complexity index is 605. The van der Waals surface area contributed by atoms with Crippen LogP contribution in [0.1, 0.15) is 29.8 Å². The Morgan fingerprint density at radius 1 is 1.33 bits per heavy atom. The van der Waals surface area contributed by atoms with Crippen LogP contribution in [-0.4, -0.2) is 23.2 Å². The summed E-state index contributed by atoms with van der Waals surface area (Å²) in [6.07, 6.45) is 1.51. The van der Waals surface area contributed by atoms with Gasteiger partial charge in [0.2, 0.25) is 0 Å². The first-order valence-corrected chi connectivity index (χ1v) is 5.63. The zero-order valence-electron chi connectivity index (χ0n) is 10.6. The number of hydrogen-bond acceptors (Lipinski definition) is 3. The highest BCUT2D eigenvalue weighted by atomic mass is 16.5. The first-order chi connectivity index (χ1) is 8.45. The summed E-state index contributed by atoms with van der Waals surface area (Å²) in [5, 5.41) is 9.81. The lowest BCUT2D eigenvalue weighted by molar-refractivity contribution is 0.0193. The van der Waals surface area contributed by atoms with E-state index in [0.717, 1.165) is 5.56 Å². The third-order valence-corrected chi connectivity index (χ3v) is 3.18. The lowest BCUT2D eigenvalue weighted by atomic mass is 9.95. The monoisotopic (exact) mass is 245 g/mol. The van der Waals surface area contributed by atoms with Crippen LogP contribution in [-0.2, 0) is 10.3 Å². The molecule has 0 amide bonds. The van der Waals surface area contributed by atoms with Crippen molar-refractivity contribution in [1.29, 1.82) is 0 Å². The van der Waals surface area contributed by atoms with Crippen molar-refractivity contribution in [2.75, 3.05) is 7.11 Å². The lowest BCUT2D eigenvalue weighted by Crippen LogP contribution is -2.19. The maximum absolute atomic E-state index is 11.2. The summed E-state index contributed by atoms with van der Waals surface area (Å²) in [5.74, 6) is -0.949. The van der Waals surface area contributed by atoms with E-state index in [1.165, 1.54) is 12.3 Å². The second-order valence-corrected chi connectivity index (χ2v) is 4.61. The van der Waals surface area contributed by atoms with Gasteiger partial charge in [0.1, 0.15) is 0 Å². The minimum atomic E-state index is -0.949. The van der Waals surface area contributed by atoms with Crippen LogP contribution in [0.2, 0.25) is 0 Å². The Labute approximate surface area is 105 Å². The summed E-state index contributed by atoms with van der Waals surface area (Å²) >= 11 is 0. The second-order valence-electron chi connectivity index (χ2n) is 4.61. The summed E-state index contributed by atoms with van der Waals surface area (Å²) in [5.41, 5.74) is 1.40. The number of aromatic carboxylic acids is 1. The van der Waals surface area contributed by atoms with E-state index in [1.54, 1.807) is 7.11 Å². The van der Waals surface area contributed by atoms with Gasteiger partial charge in [-0.1, -0.05) is 6.07 Å². The number of pyridine rings is 1. The van der Waals surface area contributed by atoms with Crippen molar-refractivity contribution in [3.63, 3.8) is 0 Å². The van der Waals surface area contributed by atoms with Gasteiger partial charge < -0.3 is 9.84 Å². The largest absolute Gasteiger partial charge is 0.478 e. The zero-order chi connectivity index (χ0) is 13.3. The highest BCUT2D eigenvalue weighted by molar-refractivity contribution is 6.02. The molecule has 1 aromatic carbocycles. The minimum Gasteiger partial charge on any atom is -0.478 e. The van der Waals surface area contributed by atoms with E-state index in [2.05, 4.69) is 4.98 Å². The van der Waals surface area contributed by atoms with Crippen LogP contribution in [0, 0.1) is 0 Å². The Morgan fingerprint density at radius 2 is 2.06 bits per heavy atom. The van der Waals surface area contributed by atoms with Crippen LogP contribution in [0.25, 0.3) is 10.9 Å². The first kappa shape index (κ1) is 12.5. The van der Waals surface area contributed by atoms with Crippen molar-refractivity contribution in [1.82, 2.24) is 4.98 Å². The number of ether oxygens (including phenoxy) is 1. The van der Waals surface area contributed by atoms with Crippen molar-refractivity contribution >= 4 is 16.9 Å². The van der Waals surface area contributed by atoms with E-state index in [0.29, 0.717) is 10.9 Å². The number of rotatable bonds is 3. The predicted octanol–water partition coefficient (Wildman–Crippen LogP) is 2.81. The number of aromatic nitrogens is 1. The molecule has 4 heteroatoms. The smallest absolute Gasteiger partial charge is 0.336 e. The van der Waals surface area contributed by atoms with Crippen molar-refractivity contribution < 1.29 is 14.6 Å². The topological polar surface area (TPSA) is 59.4 Å². The number of nitrogens with zero attached hydrogens (tertiary/aromatic N) is 1. The maximum Gasteiger partial charge on any atom is 0.336 e. The fraction of sp³-hybridized carbons (Fsp3) is 0.286. The summed E-state index contributed by atoms with van der Waals surface area (Å²) in [7, 11) is 1.63. The van der Waals surface area contributed by atoms with Gasteiger partial charge >= 0.3 is 5.97 Å². The van der Waals surface area contributed by atoms with Gasteiger partial charge in [0.25, 0.3) is 0 Å². The molecule has 0 aliphatic heterocycles. The molecule has 0 aliphatic carbocycles. The molecule has 94 valence electrons. The van der Waals surface area contributed by atoms with E-state index >= 15 is 0 Å². The Morgan fingerprint density at radius 3 is 2.67 bits per heavy atom. The normalized spacial score (nSPS) is 11.7. The van der Waals surface area contributed by atoms with Crippen LogP contribution in [0.15, 0.2) is 30.5 Å². The highest BCUT2D eigenvalue weighted by Gasteiger charge is 2.20. The van der Waals surface area contributed by atoms with E-state index in [1.807, 2.05) is 32.0 Å². The molecule has 0 spiro atoms. The molecule has 18 heavy (non-hydrogen) atoms. The van der Waals surface area contributed by atoms with Crippen LogP contribution in [0.4, 0.5) is 0 Å². The molecule has 2 rings (SSSR count). The van der Waals surface area contributed by atoms with Gasteiger partial charge in [-0.15, -0.1) is 0 Å².